The minimum atomic E-state index is -0.992. The molecule has 1 saturated carbocycles. The zero-order valence-corrected chi connectivity index (χ0v) is 14.6. The third-order valence-electron chi connectivity index (χ3n) is 4.37. The summed E-state index contributed by atoms with van der Waals surface area (Å²) in [5.74, 6) is 0.449. The maximum Gasteiger partial charge on any atom is 0.151 e. The zero-order chi connectivity index (χ0) is 16.8. The summed E-state index contributed by atoms with van der Waals surface area (Å²) in [4.78, 5) is 36.6. The Bertz CT molecular complexity index is 531. The lowest BCUT2D eigenvalue weighted by atomic mass is 9.74. The van der Waals surface area contributed by atoms with E-state index in [2.05, 4.69) is 0 Å². The summed E-state index contributed by atoms with van der Waals surface area (Å²) in [5.41, 5.74) is 0. The second-order valence-electron chi connectivity index (χ2n) is 6.26. The monoisotopic (exact) mass is 336 g/mol. The Hall–Kier alpha value is -1.36. The minimum Gasteiger partial charge on any atom is -0.469 e. The lowest BCUT2D eigenvalue weighted by Crippen LogP contribution is -2.39. The van der Waals surface area contributed by atoms with Crippen molar-refractivity contribution in [2.45, 2.75) is 44.9 Å². The smallest absolute Gasteiger partial charge is 0.151 e. The van der Waals surface area contributed by atoms with Crippen molar-refractivity contribution in [1.29, 1.82) is 0 Å². The Balaban J connectivity index is 2.01. The first-order chi connectivity index (χ1) is 11.1. The van der Waals surface area contributed by atoms with Crippen molar-refractivity contribution < 1.29 is 18.8 Å². The molecule has 4 nitrogen and oxygen atoms in total. The maximum absolute atomic E-state index is 12.3. The molecule has 0 N–H and O–H groups in total. The fraction of sp³-hybridized carbons (Fsp3) is 0.611. The Morgan fingerprint density at radius 1 is 1.35 bits per heavy atom. The Labute approximate surface area is 141 Å². The number of carbonyl (C=O) groups is 3. The topological polar surface area (TPSA) is 64.3 Å². The standard InChI is InChI=1S/C18H24O4S/c1-3-5-14(19)18-15(20)9-12(10-16(18)21)8-13(11-23-2)17-6-4-7-22-17/h4,6-7,12-13,18H,3,5,8-11H2,1-2H3. The summed E-state index contributed by atoms with van der Waals surface area (Å²) < 4.78 is 5.50. The molecule has 0 aromatic carbocycles. The average Bonchev–Trinajstić information content (AvgIpc) is 3.00. The van der Waals surface area contributed by atoms with Gasteiger partial charge in [0.05, 0.1) is 6.26 Å². The molecular formula is C18H24O4S. The van der Waals surface area contributed by atoms with Gasteiger partial charge in [0.1, 0.15) is 11.7 Å². The van der Waals surface area contributed by atoms with Crippen molar-refractivity contribution >= 4 is 29.1 Å². The van der Waals surface area contributed by atoms with Crippen LogP contribution in [0.1, 0.15) is 50.7 Å². The molecule has 0 bridgehead atoms. The third-order valence-corrected chi connectivity index (χ3v) is 5.11. The summed E-state index contributed by atoms with van der Waals surface area (Å²) in [6.45, 7) is 1.88. The molecule has 1 fully saturated rings. The summed E-state index contributed by atoms with van der Waals surface area (Å²) in [6.07, 6.45) is 6.09. The number of Topliss-reactive ketones (excluding diaryl/α,β-unsaturated/α-hetero) is 3. The highest BCUT2D eigenvalue weighted by atomic mass is 32.2. The molecular weight excluding hydrogens is 312 g/mol. The fourth-order valence-corrected chi connectivity index (χ4v) is 4.07. The molecule has 2 rings (SSSR count). The summed E-state index contributed by atoms with van der Waals surface area (Å²) in [6, 6.07) is 3.81. The van der Waals surface area contributed by atoms with E-state index in [0.29, 0.717) is 25.7 Å². The van der Waals surface area contributed by atoms with Crippen LogP contribution in [0.4, 0.5) is 0 Å². The highest BCUT2D eigenvalue weighted by Crippen LogP contribution is 2.34. The van der Waals surface area contributed by atoms with Crippen LogP contribution in [0.15, 0.2) is 22.8 Å². The first-order valence-corrected chi connectivity index (χ1v) is 9.56. The van der Waals surface area contributed by atoms with Gasteiger partial charge in [-0.05, 0) is 37.1 Å². The molecule has 0 aliphatic heterocycles. The van der Waals surface area contributed by atoms with Crippen LogP contribution in [0.25, 0.3) is 0 Å². The van der Waals surface area contributed by atoms with Crippen molar-refractivity contribution in [2.75, 3.05) is 12.0 Å². The van der Waals surface area contributed by atoms with Crippen LogP contribution in [-0.2, 0) is 14.4 Å². The molecule has 1 unspecified atom stereocenters. The SMILES string of the molecule is CCCC(=O)C1C(=O)CC(CC(CSC)c2ccco2)CC1=O. The number of hydrogen-bond donors (Lipinski definition) is 0. The lowest BCUT2D eigenvalue weighted by molar-refractivity contribution is -0.143. The zero-order valence-electron chi connectivity index (χ0n) is 13.7. The highest BCUT2D eigenvalue weighted by Gasteiger charge is 2.40. The van der Waals surface area contributed by atoms with Gasteiger partial charge in [0.15, 0.2) is 17.3 Å². The number of carbonyl (C=O) groups excluding carboxylic acids is 3. The van der Waals surface area contributed by atoms with E-state index in [1.165, 1.54) is 0 Å². The van der Waals surface area contributed by atoms with E-state index in [1.807, 2.05) is 25.3 Å². The van der Waals surface area contributed by atoms with E-state index < -0.39 is 5.92 Å². The van der Waals surface area contributed by atoms with Crippen LogP contribution < -0.4 is 0 Å². The van der Waals surface area contributed by atoms with E-state index in [9.17, 15) is 14.4 Å². The predicted octanol–water partition coefficient (Wildman–Crippen LogP) is 3.65. The van der Waals surface area contributed by atoms with Crippen LogP contribution >= 0.6 is 11.8 Å². The molecule has 1 aliphatic carbocycles. The first kappa shape index (κ1) is 18.0. The lowest BCUT2D eigenvalue weighted by Gasteiger charge is -2.28. The van der Waals surface area contributed by atoms with Crippen molar-refractivity contribution in [3.63, 3.8) is 0 Å². The second-order valence-corrected chi connectivity index (χ2v) is 7.17. The van der Waals surface area contributed by atoms with Gasteiger partial charge >= 0.3 is 0 Å². The van der Waals surface area contributed by atoms with E-state index in [1.54, 1.807) is 18.0 Å². The van der Waals surface area contributed by atoms with Crippen LogP contribution in [0, 0.1) is 11.8 Å². The predicted molar refractivity (Wildman–Crippen MR) is 90.6 cm³/mol. The summed E-state index contributed by atoms with van der Waals surface area (Å²) in [5, 5.41) is 0. The normalized spacial score (nSPS) is 23.0. The van der Waals surface area contributed by atoms with Crippen molar-refractivity contribution in [3.8, 4) is 0 Å². The maximum atomic E-state index is 12.3. The van der Waals surface area contributed by atoms with Gasteiger partial charge in [-0.2, -0.15) is 11.8 Å². The number of thioether (sulfide) groups is 1. The van der Waals surface area contributed by atoms with Gasteiger partial charge in [-0.25, -0.2) is 0 Å². The molecule has 1 aromatic rings. The van der Waals surface area contributed by atoms with Gasteiger partial charge in [0, 0.05) is 30.9 Å². The van der Waals surface area contributed by atoms with Gasteiger partial charge in [-0.15, -0.1) is 0 Å². The van der Waals surface area contributed by atoms with Crippen molar-refractivity contribution in [1.82, 2.24) is 0 Å². The molecule has 23 heavy (non-hydrogen) atoms. The molecule has 0 saturated heterocycles. The molecule has 0 spiro atoms. The second kappa shape index (κ2) is 8.48. The average molecular weight is 336 g/mol. The molecule has 5 heteroatoms. The molecule has 1 aliphatic rings. The van der Waals surface area contributed by atoms with E-state index in [-0.39, 0.29) is 29.2 Å². The summed E-state index contributed by atoms with van der Waals surface area (Å²) >= 11 is 1.73. The number of rotatable bonds is 8. The van der Waals surface area contributed by atoms with Crippen LogP contribution in [0.3, 0.4) is 0 Å². The molecule has 1 heterocycles. The number of hydrogen-bond acceptors (Lipinski definition) is 5. The Kier molecular flexibility index (Phi) is 6.63. The third kappa shape index (κ3) is 4.56. The van der Waals surface area contributed by atoms with E-state index in [0.717, 1.165) is 17.9 Å². The quantitative estimate of drug-likeness (QED) is 0.678. The molecule has 0 radical (unpaired) electrons. The van der Waals surface area contributed by atoms with Gasteiger partial charge in [0.25, 0.3) is 0 Å². The van der Waals surface area contributed by atoms with E-state index in [4.69, 9.17) is 4.42 Å². The number of ketones is 3. The van der Waals surface area contributed by atoms with Crippen LogP contribution in [-0.4, -0.2) is 29.4 Å². The molecule has 1 aromatic heterocycles. The number of furan rings is 1. The Morgan fingerprint density at radius 2 is 2.04 bits per heavy atom. The van der Waals surface area contributed by atoms with Gasteiger partial charge < -0.3 is 4.42 Å². The highest BCUT2D eigenvalue weighted by molar-refractivity contribution is 7.98. The fourth-order valence-electron chi connectivity index (χ4n) is 3.37. The van der Waals surface area contributed by atoms with E-state index >= 15 is 0 Å². The molecule has 126 valence electrons. The van der Waals surface area contributed by atoms with Crippen LogP contribution in [0.5, 0.6) is 0 Å². The van der Waals surface area contributed by atoms with Crippen molar-refractivity contribution in [3.05, 3.63) is 24.2 Å². The van der Waals surface area contributed by atoms with Gasteiger partial charge in [0.2, 0.25) is 0 Å². The van der Waals surface area contributed by atoms with Crippen molar-refractivity contribution in [2.24, 2.45) is 11.8 Å². The minimum absolute atomic E-state index is 0.0166. The molecule has 1 atom stereocenters. The van der Waals surface area contributed by atoms with Gasteiger partial charge in [-0.3, -0.25) is 14.4 Å². The Morgan fingerprint density at radius 3 is 2.57 bits per heavy atom. The largest absolute Gasteiger partial charge is 0.469 e. The summed E-state index contributed by atoms with van der Waals surface area (Å²) in [7, 11) is 0. The van der Waals surface area contributed by atoms with Crippen LogP contribution in [0.2, 0.25) is 0 Å². The molecule has 0 amide bonds. The van der Waals surface area contributed by atoms with Gasteiger partial charge in [-0.1, -0.05) is 6.92 Å². The first-order valence-electron chi connectivity index (χ1n) is 8.17.